The van der Waals surface area contributed by atoms with Crippen molar-refractivity contribution < 1.29 is 19.0 Å². The number of nitrogens with zero attached hydrogens (tertiary/aromatic N) is 2. The molecule has 3 aliphatic heterocycles. The summed E-state index contributed by atoms with van der Waals surface area (Å²) in [6.07, 6.45) is 16.1. The topological polar surface area (TPSA) is 72.9 Å². The summed E-state index contributed by atoms with van der Waals surface area (Å²) in [4.78, 5) is 20.0. The fourth-order valence-electron chi connectivity index (χ4n) is 6.14. The highest BCUT2D eigenvalue weighted by atomic mass is 16.5. The fraction of sp³-hybridized carbons (Fsp3) is 0.655. The molecule has 0 spiro atoms. The average molecular weight is 496 g/mol. The number of rotatable bonds is 10. The lowest BCUT2D eigenvalue weighted by molar-refractivity contribution is -0.145. The van der Waals surface area contributed by atoms with Gasteiger partial charge in [0.1, 0.15) is 11.9 Å². The number of aromatic nitrogens is 1. The van der Waals surface area contributed by atoms with Gasteiger partial charge in [-0.05, 0) is 75.0 Å². The van der Waals surface area contributed by atoms with Gasteiger partial charge in [0, 0.05) is 44.5 Å². The number of nitrogens with one attached hydrogen (secondary N) is 1. The molecule has 4 atom stereocenters. The molecule has 7 heteroatoms. The van der Waals surface area contributed by atoms with Crippen molar-refractivity contribution >= 4 is 11.8 Å². The molecule has 0 amide bonds. The van der Waals surface area contributed by atoms with Crippen molar-refractivity contribution in [3.8, 4) is 0 Å². The van der Waals surface area contributed by atoms with E-state index in [4.69, 9.17) is 19.2 Å². The Bertz CT molecular complexity index is 956. The monoisotopic (exact) mass is 495 g/mol. The first-order valence-corrected chi connectivity index (χ1v) is 13.9. The van der Waals surface area contributed by atoms with Crippen LogP contribution in [0.15, 0.2) is 35.9 Å². The van der Waals surface area contributed by atoms with Crippen LogP contribution in [0.5, 0.6) is 0 Å². The number of carbonyl (C=O) groups is 1. The summed E-state index contributed by atoms with van der Waals surface area (Å²) >= 11 is 0. The van der Waals surface area contributed by atoms with Crippen molar-refractivity contribution in [1.82, 2.24) is 9.88 Å². The van der Waals surface area contributed by atoms with Crippen molar-refractivity contribution in [2.75, 3.05) is 45.3 Å². The van der Waals surface area contributed by atoms with E-state index in [0.717, 1.165) is 101 Å². The van der Waals surface area contributed by atoms with Crippen molar-refractivity contribution in [3.05, 3.63) is 47.2 Å². The maximum Gasteiger partial charge on any atom is 0.327 e. The molecule has 2 saturated heterocycles. The van der Waals surface area contributed by atoms with Crippen LogP contribution in [-0.2, 0) is 31.8 Å². The van der Waals surface area contributed by atoms with E-state index in [2.05, 4.69) is 40.6 Å². The molecule has 0 radical (unpaired) electrons. The van der Waals surface area contributed by atoms with Crippen LogP contribution in [0.4, 0.5) is 5.82 Å². The Morgan fingerprint density at radius 2 is 2.22 bits per heavy atom. The number of anilines is 1. The molecule has 4 heterocycles. The van der Waals surface area contributed by atoms with Crippen molar-refractivity contribution in [3.63, 3.8) is 0 Å². The first kappa shape index (κ1) is 25.4. The molecular weight excluding hydrogens is 454 g/mol. The van der Waals surface area contributed by atoms with Gasteiger partial charge >= 0.3 is 5.97 Å². The molecule has 0 bridgehead atoms. The van der Waals surface area contributed by atoms with E-state index >= 15 is 0 Å². The number of likely N-dealkylation sites (tertiary alicyclic amines) is 1. The Balaban J connectivity index is 1.10. The molecule has 36 heavy (non-hydrogen) atoms. The molecule has 0 saturated carbocycles. The molecule has 1 aliphatic carbocycles. The third kappa shape index (κ3) is 6.01. The van der Waals surface area contributed by atoms with Gasteiger partial charge in [0.15, 0.2) is 0 Å². The summed E-state index contributed by atoms with van der Waals surface area (Å²) in [6.45, 7) is 4.19. The highest BCUT2D eigenvalue weighted by Gasteiger charge is 2.41. The van der Waals surface area contributed by atoms with Crippen LogP contribution in [0.2, 0.25) is 0 Å². The Kier molecular flexibility index (Phi) is 8.72. The van der Waals surface area contributed by atoms with Crippen LogP contribution in [0.3, 0.4) is 0 Å². The van der Waals surface area contributed by atoms with Gasteiger partial charge in [0.05, 0.1) is 19.3 Å². The minimum atomic E-state index is -0.355. The number of fused-ring (bicyclic) bond motifs is 1. The molecule has 4 unspecified atom stereocenters. The average Bonchev–Trinajstić information content (AvgIpc) is 3.62. The first-order valence-electron chi connectivity index (χ1n) is 13.9. The van der Waals surface area contributed by atoms with Crippen LogP contribution >= 0.6 is 0 Å². The summed E-state index contributed by atoms with van der Waals surface area (Å²) in [6, 6.07) is 4.05. The van der Waals surface area contributed by atoms with Gasteiger partial charge in [-0.25, -0.2) is 4.98 Å². The van der Waals surface area contributed by atoms with E-state index in [1.807, 2.05) is 0 Å². The van der Waals surface area contributed by atoms with E-state index in [0.29, 0.717) is 0 Å². The second-order valence-electron chi connectivity index (χ2n) is 10.5. The van der Waals surface area contributed by atoms with E-state index in [-0.39, 0.29) is 30.1 Å². The number of esters is 1. The highest BCUT2D eigenvalue weighted by molar-refractivity contribution is 5.80. The van der Waals surface area contributed by atoms with Crippen LogP contribution < -0.4 is 5.32 Å². The van der Waals surface area contributed by atoms with Gasteiger partial charge in [-0.1, -0.05) is 24.3 Å². The number of methoxy groups -OCH3 is 1. The Morgan fingerprint density at radius 1 is 1.28 bits per heavy atom. The van der Waals surface area contributed by atoms with Gasteiger partial charge < -0.3 is 19.5 Å². The molecular formula is C29H41N3O4. The van der Waals surface area contributed by atoms with Gasteiger partial charge in [0.25, 0.3) is 0 Å². The molecule has 0 aromatic carbocycles. The smallest absolute Gasteiger partial charge is 0.327 e. The van der Waals surface area contributed by atoms with E-state index in [1.54, 1.807) is 0 Å². The van der Waals surface area contributed by atoms with E-state index < -0.39 is 0 Å². The number of hydrogen-bond donors (Lipinski definition) is 1. The minimum Gasteiger partial charge on any atom is -0.468 e. The number of pyridine rings is 1. The third-order valence-electron chi connectivity index (χ3n) is 8.07. The van der Waals surface area contributed by atoms with Crippen LogP contribution in [0.25, 0.3) is 0 Å². The molecule has 5 rings (SSSR count). The molecule has 1 aromatic heterocycles. The molecule has 2 fully saturated rings. The van der Waals surface area contributed by atoms with Gasteiger partial charge in [-0.15, -0.1) is 0 Å². The summed E-state index contributed by atoms with van der Waals surface area (Å²) < 4.78 is 17.6. The van der Waals surface area contributed by atoms with Gasteiger partial charge in [0.2, 0.25) is 0 Å². The number of hydrogen-bond acceptors (Lipinski definition) is 7. The predicted octanol–water partition coefficient (Wildman–Crippen LogP) is 4.08. The van der Waals surface area contributed by atoms with Gasteiger partial charge in [-0.2, -0.15) is 0 Å². The SMILES string of the molecule is COC(=O)C(C1=CC=CCC1C1CCCO1)N1CCC(OCCCCc2ccc3c(n2)NCCC3)C1. The number of allylic oxidation sites excluding steroid dienone is 3. The lowest BCUT2D eigenvalue weighted by atomic mass is 9.81. The molecule has 196 valence electrons. The molecule has 4 aliphatic rings. The van der Waals surface area contributed by atoms with Crippen LogP contribution in [0.1, 0.15) is 56.2 Å². The summed E-state index contributed by atoms with van der Waals surface area (Å²) in [7, 11) is 1.49. The largest absolute Gasteiger partial charge is 0.468 e. The number of aryl methyl sites for hydroxylation is 2. The Hall–Kier alpha value is -2.22. The maximum absolute atomic E-state index is 13.0. The maximum atomic E-state index is 13.0. The third-order valence-corrected chi connectivity index (χ3v) is 8.07. The second kappa shape index (κ2) is 12.3. The quantitative estimate of drug-likeness (QED) is 0.387. The zero-order valence-corrected chi connectivity index (χ0v) is 21.6. The number of unbranched alkanes of at least 4 members (excludes halogenated alkanes) is 1. The second-order valence-corrected chi connectivity index (χ2v) is 10.5. The Morgan fingerprint density at radius 3 is 3.08 bits per heavy atom. The summed E-state index contributed by atoms with van der Waals surface area (Å²) in [5.41, 5.74) is 3.64. The van der Waals surface area contributed by atoms with Crippen molar-refractivity contribution in [2.24, 2.45) is 5.92 Å². The predicted molar refractivity (Wildman–Crippen MR) is 140 cm³/mol. The lowest BCUT2D eigenvalue weighted by Gasteiger charge is -2.35. The molecule has 1 aromatic rings. The number of carbonyl (C=O) groups excluding carboxylic acids is 1. The molecule has 7 nitrogen and oxygen atoms in total. The van der Waals surface area contributed by atoms with Crippen LogP contribution in [-0.4, -0.2) is 74.1 Å². The fourth-order valence-corrected chi connectivity index (χ4v) is 6.14. The zero-order chi connectivity index (χ0) is 24.7. The zero-order valence-electron chi connectivity index (χ0n) is 21.6. The standard InChI is InChI=1S/C29H41N3O4/c1-34-29(33)27(25-11-3-2-10-24(25)26-12-7-19-36-26)32-17-15-23(20-32)35-18-5-4-9-22-14-13-21-8-6-16-30-28(21)31-22/h2-3,11,13-14,23-24,26-27H,4-10,12,15-20H2,1H3,(H,30,31). The minimum absolute atomic E-state index is 0.157. The lowest BCUT2D eigenvalue weighted by Crippen LogP contribution is -2.46. The molecule has 1 N–H and O–H groups in total. The van der Waals surface area contributed by atoms with E-state index in [9.17, 15) is 4.79 Å². The summed E-state index contributed by atoms with van der Waals surface area (Å²) in [5.74, 6) is 1.15. The van der Waals surface area contributed by atoms with E-state index in [1.165, 1.54) is 19.1 Å². The summed E-state index contributed by atoms with van der Waals surface area (Å²) in [5, 5.41) is 3.42. The van der Waals surface area contributed by atoms with Gasteiger partial charge in [-0.3, -0.25) is 9.69 Å². The normalized spacial score (nSPS) is 26.8. The Labute approximate surface area is 215 Å². The van der Waals surface area contributed by atoms with Crippen molar-refractivity contribution in [2.45, 2.75) is 76.0 Å². The van der Waals surface area contributed by atoms with Crippen LogP contribution in [0, 0.1) is 5.92 Å². The first-order chi connectivity index (χ1) is 17.7. The highest BCUT2D eigenvalue weighted by Crippen LogP contribution is 2.36. The van der Waals surface area contributed by atoms with Crippen molar-refractivity contribution in [1.29, 1.82) is 0 Å². The number of ether oxygens (including phenoxy) is 3.